The molecule has 1 fully saturated rings. The van der Waals surface area contributed by atoms with E-state index in [1.54, 1.807) is 36.4 Å². The molecule has 0 unspecified atom stereocenters. The third-order valence-electron chi connectivity index (χ3n) is 8.02. The average molecular weight is 574 g/mol. The summed E-state index contributed by atoms with van der Waals surface area (Å²) in [6, 6.07) is 8.16. The molecule has 1 heterocycles. The minimum Gasteiger partial charge on any atom is -0.406 e. The molecular weight excluding hydrogens is 529 g/mol. The summed E-state index contributed by atoms with van der Waals surface area (Å²) >= 11 is 0.232. The summed E-state index contributed by atoms with van der Waals surface area (Å²) in [7, 11) is -5.38. The second-order valence-electron chi connectivity index (χ2n) is 12.8. The molecule has 1 N–H and O–H groups in total. The SMILES string of the molecule is C=CCCN1C(=O)[C@H](O[Si](C)(C)C(C)(C)C)[C@@H](O[Si](C)(C)C(C)(C)C)[C@@]1(O)C(F)(F)Sc1ccccc1. The van der Waals surface area contributed by atoms with Crippen molar-refractivity contribution in [3.8, 4) is 0 Å². The van der Waals surface area contributed by atoms with Gasteiger partial charge in [-0.3, -0.25) is 4.79 Å². The predicted molar refractivity (Wildman–Crippen MR) is 153 cm³/mol. The van der Waals surface area contributed by atoms with Gasteiger partial charge in [-0.15, -0.1) is 6.58 Å². The Balaban J connectivity index is 2.74. The normalized spacial score (nSPS) is 24.0. The first kappa shape index (κ1) is 32.2. The van der Waals surface area contributed by atoms with Gasteiger partial charge in [0.1, 0.15) is 6.10 Å². The van der Waals surface area contributed by atoms with Crippen molar-refractivity contribution < 1.29 is 27.5 Å². The van der Waals surface area contributed by atoms with E-state index >= 15 is 8.78 Å². The second-order valence-corrected chi connectivity index (χ2v) is 23.5. The molecule has 0 radical (unpaired) electrons. The molecule has 2 rings (SSSR count). The first-order chi connectivity index (χ1) is 16.6. The Kier molecular flexibility index (Phi) is 9.43. The predicted octanol–water partition coefficient (Wildman–Crippen LogP) is 7.26. The van der Waals surface area contributed by atoms with Crippen LogP contribution in [0.5, 0.6) is 0 Å². The fraction of sp³-hybridized carbons (Fsp3) is 0.667. The summed E-state index contributed by atoms with van der Waals surface area (Å²) in [5.74, 6) is -0.675. The van der Waals surface area contributed by atoms with Crippen molar-refractivity contribution in [3.63, 3.8) is 0 Å². The van der Waals surface area contributed by atoms with E-state index in [-0.39, 0.29) is 39.7 Å². The van der Waals surface area contributed by atoms with Crippen LogP contribution in [0.2, 0.25) is 36.3 Å². The molecule has 0 aromatic heterocycles. The number of hydrogen-bond acceptors (Lipinski definition) is 5. The van der Waals surface area contributed by atoms with Crippen molar-refractivity contribution in [3.05, 3.63) is 43.0 Å². The van der Waals surface area contributed by atoms with Crippen LogP contribution in [-0.2, 0) is 13.6 Å². The summed E-state index contributed by atoms with van der Waals surface area (Å²) in [6.07, 6.45) is -1.15. The standard InChI is InChI=1S/C27H45F2NO4SSi2/c1-12-13-19-30-23(31)21(33-36(8,9)24(2,3)4)22(34-37(10,11)25(5,6)7)26(30,32)27(28,29)35-20-17-15-14-16-18-20/h12,14-18,21-22,32H,1,13,19H2,2-11H3/t21-,22-,26-/m1/s1. The van der Waals surface area contributed by atoms with Gasteiger partial charge in [0.2, 0.25) is 5.72 Å². The van der Waals surface area contributed by atoms with E-state index in [2.05, 4.69) is 6.58 Å². The number of thioether (sulfide) groups is 1. The van der Waals surface area contributed by atoms with Crippen molar-refractivity contribution in [1.29, 1.82) is 0 Å². The van der Waals surface area contributed by atoms with Gasteiger partial charge in [-0.05, 0) is 66.6 Å². The molecule has 0 bridgehead atoms. The van der Waals surface area contributed by atoms with Crippen LogP contribution in [0.3, 0.4) is 0 Å². The van der Waals surface area contributed by atoms with Crippen LogP contribution < -0.4 is 0 Å². The molecule has 1 aliphatic rings. The van der Waals surface area contributed by atoms with E-state index in [0.29, 0.717) is 0 Å². The molecule has 1 amide bonds. The van der Waals surface area contributed by atoms with Crippen LogP contribution in [-0.4, -0.2) is 62.3 Å². The largest absolute Gasteiger partial charge is 0.406 e. The average Bonchev–Trinajstić information content (AvgIpc) is 2.92. The molecule has 0 aliphatic carbocycles. The van der Waals surface area contributed by atoms with Gasteiger partial charge in [-0.2, -0.15) is 8.78 Å². The summed E-state index contributed by atoms with van der Waals surface area (Å²) in [4.78, 5) is 15.0. The van der Waals surface area contributed by atoms with Gasteiger partial charge >= 0.3 is 5.25 Å². The minimum atomic E-state index is -3.80. The highest BCUT2D eigenvalue weighted by molar-refractivity contribution is 8.00. The van der Waals surface area contributed by atoms with Crippen molar-refractivity contribution in [1.82, 2.24) is 4.90 Å². The molecule has 1 aromatic carbocycles. The quantitative estimate of drug-likeness (QED) is 0.181. The molecule has 37 heavy (non-hydrogen) atoms. The van der Waals surface area contributed by atoms with Crippen molar-refractivity contribution in [2.75, 3.05) is 6.54 Å². The molecule has 1 aromatic rings. The van der Waals surface area contributed by atoms with E-state index in [9.17, 15) is 9.90 Å². The Hall–Kier alpha value is -1.05. The maximum absolute atomic E-state index is 16.4. The first-order valence-corrected chi connectivity index (χ1v) is 19.4. The zero-order valence-electron chi connectivity index (χ0n) is 24.0. The van der Waals surface area contributed by atoms with E-state index in [0.717, 1.165) is 4.90 Å². The van der Waals surface area contributed by atoms with Crippen LogP contribution in [0.1, 0.15) is 48.0 Å². The highest BCUT2D eigenvalue weighted by Crippen LogP contribution is 2.54. The zero-order valence-corrected chi connectivity index (χ0v) is 26.8. The highest BCUT2D eigenvalue weighted by Gasteiger charge is 2.73. The lowest BCUT2D eigenvalue weighted by Crippen LogP contribution is -2.65. The monoisotopic (exact) mass is 573 g/mol. The molecule has 210 valence electrons. The van der Waals surface area contributed by atoms with Crippen LogP contribution in [0.25, 0.3) is 0 Å². The highest BCUT2D eigenvalue weighted by atomic mass is 32.2. The van der Waals surface area contributed by atoms with E-state index in [1.165, 1.54) is 0 Å². The number of rotatable bonds is 10. The van der Waals surface area contributed by atoms with Gasteiger partial charge in [0.15, 0.2) is 22.7 Å². The van der Waals surface area contributed by atoms with Gasteiger partial charge in [0, 0.05) is 11.4 Å². The molecule has 0 saturated carbocycles. The molecule has 1 saturated heterocycles. The number of aliphatic hydroxyl groups is 1. The minimum absolute atomic E-state index is 0.126. The number of carbonyl (C=O) groups is 1. The maximum atomic E-state index is 16.4. The Morgan fingerprint density at radius 1 is 1.03 bits per heavy atom. The number of carbonyl (C=O) groups excluding carboxylic acids is 1. The number of likely N-dealkylation sites (tertiary alicyclic amines) is 1. The molecular formula is C27H45F2NO4SSi2. The molecule has 5 nitrogen and oxygen atoms in total. The lowest BCUT2D eigenvalue weighted by atomic mass is 10.1. The van der Waals surface area contributed by atoms with Crippen molar-refractivity contribution in [2.24, 2.45) is 0 Å². The van der Waals surface area contributed by atoms with E-state index in [4.69, 9.17) is 8.85 Å². The Labute approximate surface area is 228 Å². The molecule has 3 atom stereocenters. The lowest BCUT2D eigenvalue weighted by Gasteiger charge is -2.47. The van der Waals surface area contributed by atoms with Crippen LogP contribution >= 0.6 is 11.8 Å². The summed E-state index contributed by atoms with van der Waals surface area (Å²) in [5.41, 5.74) is -2.93. The number of amides is 1. The van der Waals surface area contributed by atoms with Gasteiger partial charge in [0.25, 0.3) is 5.91 Å². The Morgan fingerprint density at radius 3 is 1.97 bits per heavy atom. The third-order valence-corrected chi connectivity index (χ3v) is 18.0. The third kappa shape index (κ3) is 6.41. The lowest BCUT2D eigenvalue weighted by molar-refractivity contribution is -0.232. The van der Waals surface area contributed by atoms with Crippen molar-refractivity contribution >= 4 is 34.3 Å². The van der Waals surface area contributed by atoms with E-state index < -0.39 is 45.7 Å². The Morgan fingerprint density at radius 2 is 1.51 bits per heavy atom. The summed E-state index contributed by atoms with van der Waals surface area (Å²) in [6.45, 7) is 23.4. The molecule has 1 aliphatic heterocycles. The van der Waals surface area contributed by atoms with Gasteiger partial charge in [-0.25, -0.2) is 0 Å². The number of alkyl halides is 2. The topological polar surface area (TPSA) is 59.0 Å². The number of hydrogen-bond donors (Lipinski definition) is 1. The van der Waals surface area contributed by atoms with Crippen molar-refractivity contribution in [2.45, 2.75) is 112 Å². The van der Waals surface area contributed by atoms with Gasteiger partial charge < -0.3 is 18.9 Å². The maximum Gasteiger partial charge on any atom is 0.347 e. The molecule has 0 spiro atoms. The smallest absolute Gasteiger partial charge is 0.347 e. The van der Waals surface area contributed by atoms with Crippen LogP contribution in [0, 0.1) is 0 Å². The number of benzene rings is 1. The van der Waals surface area contributed by atoms with Crippen LogP contribution in [0.15, 0.2) is 47.9 Å². The summed E-state index contributed by atoms with van der Waals surface area (Å²) < 4.78 is 45.9. The van der Waals surface area contributed by atoms with Gasteiger partial charge in [-0.1, -0.05) is 65.8 Å². The first-order valence-electron chi connectivity index (χ1n) is 12.7. The van der Waals surface area contributed by atoms with Gasteiger partial charge in [0.05, 0.1) is 0 Å². The van der Waals surface area contributed by atoms with E-state index in [1.807, 2.05) is 67.7 Å². The van der Waals surface area contributed by atoms with Crippen LogP contribution in [0.4, 0.5) is 8.78 Å². The molecule has 10 heteroatoms. The second kappa shape index (κ2) is 10.8. The number of halogens is 2. The number of nitrogens with zero attached hydrogens (tertiary/aromatic N) is 1. The Bertz CT molecular complexity index is 963. The fourth-order valence-corrected chi connectivity index (χ4v) is 7.05. The summed E-state index contributed by atoms with van der Waals surface area (Å²) in [5, 5.41) is 7.69. The zero-order chi connectivity index (χ0) is 28.7. The fourth-order valence-electron chi connectivity index (χ4n) is 3.60.